The van der Waals surface area contributed by atoms with Crippen molar-refractivity contribution in [1.82, 2.24) is 14.6 Å². The van der Waals surface area contributed by atoms with Crippen molar-refractivity contribution in [2.24, 2.45) is 5.92 Å². The van der Waals surface area contributed by atoms with E-state index in [-0.39, 0.29) is 24.4 Å². The number of rotatable bonds is 3. The molecule has 0 aliphatic carbocycles. The van der Waals surface area contributed by atoms with Crippen LogP contribution in [0.3, 0.4) is 0 Å². The lowest BCUT2D eigenvalue weighted by molar-refractivity contribution is 0.0623. The molecule has 0 saturated carbocycles. The molecule has 1 aromatic carbocycles. The van der Waals surface area contributed by atoms with E-state index >= 15 is 0 Å². The Bertz CT molecular complexity index is 712. The zero-order valence-corrected chi connectivity index (χ0v) is 14.6. The Kier molecular flexibility index (Phi) is 4.75. The maximum Gasteiger partial charge on any atom is 0.263 e. The Balaban J connectivity index is 0.00000156. The highest BCUT2D eigenvalue weighted by Crippen LogP contribution is 2.29. The molecule has 5 rings (SSSR count). The van der Waals surface area contributed by atoms with Gasteiger partial charge in [-0.2, -0.15) is 4.37 Å². The number of carbonyl (C=O) groups excluding carboxylic acids is 1. The van der Waals surface area contributed by atoms with Crippen LogP contribution in [0.1, 0.15) is 22.5 Å². The first-order chi connectivity index (χ1) is 10.7. The Hall–Kier alpha value is -1.37. The number of aromatic nitrogens is 1. The van der Waals surface area contributed by atoms with Gasteiger partial charge in [0.1, 0.15) is 10.6 Å². The van der Waals surface area contributed by atoms with Crippen LogP contribution in [0.25, 0.3) is 10.9 Å². The third-order valence-corrected chi connectivity index (χ3v) is 5.74. The molecular weight excluding hydrogens is 334 g/mol. The smallest absolute Gasteiger partial charge is 0.263 e. The van der Waals surface area contributed by atoms with Gasteiger partial charge in [0.15, 0.2) is 0 Å². The van der Waals surface area contributed by atoms with Crippen molar-refractivity contribution in [3.63, 3.8) is 0 Å². The minimum atomic E-state index is 0. The van der Waals surface area contributed by atoms with Gasteiger partial charge in [-0.25, -0.2) is 0 Å². The van der Waals surface area contributed by atoms with Gasteiger partial charge in [-0.05, 0) is 55.5 Å². The van der Waals surface area contributed by atoms with Crippen LogP contribution >= 0.6 is 23.9 Å². The molecule has 2 aromatic rings. The number of nitrogens with one attached hydrogen (secondary N) is 1. The third kappa shape index (κ3) is 3.03. The predicted octanol–water partition coefficient (Wildman–Crippen LogP) is 2.55. The number of halogens is 1. The fourth-order valence-electron chi connectivity index (χ4n) is 3.58. The Morgan fingerprint density at radius 3 is 2.83 bits per heavy atom. The maximum absolute atomic E-state index is 12.6. The lowest BCUT2D eigenvalue weighted by Gasteiger charge is -2.44. The van der Waals surface area contributed by atoms with Crippen LogP contribution in [-0.2, 0) is 0 Å². The Morgan fingerprint density at radius 2 is 2.17 bits per heavy atom. The average molecular weight is 354 g/mol. The summed E-state index contributed by atoms with van der Waals surface area (Å²) in [5, 5.41) is 4.14. The van der Waals surface area contributed by atoms with Crippen LogP contribution < -0.4 is 10.1 Å². The number of hydrogen-bond donors (Lipinski definition) is 1. The number of fused-ring (bicyclic) bond motifs is 4. The number of benzene rings is 1. The van der Waals surface area contributed by atoms with Crippen LogP contribution in [-0.4, -0.2) is 48.0 Å². The molecule has 1 N–H and O–H groups in total. The summed E-state index contributed by atoms with van der Waals surface area (Å²) in [4.78, 5) is 15.8. The van der Waals surface area contributed by atoms with Gasteiger partial charge in [-0.3, -0.25) is 4.79 Å². The zero-order chi connectivity index (χ0) is 15.1. The molecule has 4 heterocycles. The maximum atomic E-state index is 12.6. The second kappa shape index (κ2) is 6.63. The minimum Gasteiger partial charge on any atom is -0.497 e. The molecule has 1 amide bonds. The molecule has 1 aromatic heterocycles. The van der Waals surface area contributed by atoms with Crippen molar-refractivity contribution in [2.45, 2.75) is 18.9 Å². The summed E-state index contributed by atoms with van der Waals surface area (Å²) < 4.78 is 9.59. The highest BCUT2D eigenvalue weighted by atomic mass is 35.5. The quantitative estimate of drug-likeness (QED) is 0.921. The van der Waals surface area contributed by atoms with Crippen molar-refractivity contribution in [3.8, 4) is 5.75 Å². The normalized spacial score (nSPS) is 25.9. The molecule has 3 saturated heterocycles. The minimum absolute atomic E-state index is 0. The van der Waals surface area contributed by atoms with Crippen LogP contribution in [0, 0.1) is 5.92 Å². The van der Waals surface area contributed by atoms with E-state index in [0.717, 1.165) is 23.2 Å². The van der Waals surface area contributed by atoms with E-state index in [2.05, 4.69) is 14.6 Å². The van der Waals surface area contributed by atoms with E-state index in [4.69, 9.17) is 4.74 Å². The van der Waals surface area contributed by atoms with Gasteiger partial charge in [0.05, 0.1) is 12.6 Å². The lowest BCUT2D eigenvalue weighted by atomic mass is 9.84. The standard InChI is InChI=1S/C16H19N3O2S.ClH/c1-21-11-2-3-12-13(8-11)18-22-15(12)16(20)17-14-9-19-6-4-10(14)5-7-19;/h2-3,8,10,14H,4-7,9H2,1H3,(H,17,20);1H/t14-;/m1./s1. The van der Waals surface area contributed by atoms with E-state index in [9.17, 15) is 4.79 Å². The predicted molar refractivity (Wildman–Crippen MR) is 93.8 cm³/mol. The van der Waals surface area contributed by atoms with Gasteiger partial charge < -0.3 is 15.0 Å². The molecule has 0 spiro atoms. The third-order valence-electron chi connectivity index (χ3n) is 4.86. The number of carbonyl (C=O) groups is 1. The number of hydrogen-bond acceptors (Lipinski definition) is 5. The Labute approximate surface area is 145 Å². The second-order valence-electron chi connectivity index (χ2n) is 6.11. The number of nitrogens with zero attached hydrogens (tertiary/aromatic N) is 2. The second-order valence-corrected chi connectivity index (χ2v) is 6.89. The molecular formula is C16H20ClN3O2S. The molecule has 23 heavy (non-hydrogen) atoms. The van der Waals surface area contributed by atoms with Crippen molar-refractivity contribution in [1.29, 1.82) is 0 Å². The van der Waals surface area contributed by atoms with Gasteiger partial charge in [0, 0.05) is 24.0 Å². The van der Waals surface area contributed by atoms with E-state index in [1.165, 1.54) is 37.5 Å². The molecule has 0 unspecified atom stereocenters. The molecule has 0 radical (unpaired) electrons. The van der Waals surface area contributed by atoms with Gasteiger partial charge in [0.2, 0.25) is 0 Å². The molecule has 7 heteroatoms. The van der Waals surface area contributed by atoms with Crippen molar-refractivity contribution in [2.75, 3.05) is 26.7 Å². The van der Waals surface area contributed by atoms with E-state index in [1.54, 1.807) is 7.11 Å². The Morgan fingerprint density at radius 1 is 1.39 bits per heavy atom. The molecule has 3 aliphatic rings. The largest absolute Gasteiger partial charge is 0.497 e. The summed E-state index contributed by atoms with van der Waals surface area (Å²) in [5.41, 5.74) is 0.823. The molecule has 2 bridgehead atoms. The topological polar surface area (TPSA) is 54.5 Å². The summed E-state index contributed by atoms with van der Waals surface area (Å²) in [6.07, 6.45) is 2.40. The highest BCUT2D eigenvalue weighted by Gasteiger charge is 2.35. The monoisotopic (exact) mass is 353 g/mol. The first kappa shape index (κ1) is 16.5. The summed E-state index contributed by atoms with van der Waals surface area (Å²) >= 11 is 1.27. The van der Waals surface area contributed by atoms with E-state index in [1.807, 2.05) is 18.2 Å². The summed E-state index contributed by atoms with van der Waals surface area (Å²) in [7, 11) is 1.63. The molecule has 1 atom stereocenters. The molecule has 124 valence electrons. The van der Waals surface area contributed by atoms with Crippen LogP contribution in [0.2, 0.25) is 0 Å². The van der Waals surface area contributed by atoms with Crippen molar-refractivity contribution in [3.05, 3.63) is 23.1 Å². The SMILES string of the molecule is COc1ccc2c(C(=O)N[C@@H]3CN4CCC3CC4)snc2c1.Cl. The first-order valence-corrected chi connectivity index (χ1v) is 8.48. The van der Waals surface area contributed by atoms with Crippen molar-refractivity contribution >= 4 is 40.7 Å². The lowest BCUT2D eigenvalue weighted by Crippen LogP contribution is -2.57. The molecule has 3 fully saturated rings. The summed E-state index contributed by atoms with van der Waals surface area (Å²) in [6, 6.07) is 5.95. The van der Waals surface area contributed by atoms with E-state index < -0.39 is 0 Å². The number of piperidine rings is 3. The first-order valence-electron chi connectivity index (χ1n) is 7.71. The molecule has 5 nitrogen and oxygen atoms in total. The number of amides is 1. The van der Waals surface area contributed by atoms with Gasteiger partial charge in [-0.15, -0.1) is 12.4 Å². The van der Waals surface area contributed by atoms with Crippen LogP contribution in [0.5, 0.6) is 5.75 Å². The van der Waals surface area contributed by atoms with Crippen LogP contribution in [0.4, 0.5) is 0 Å². The van der Waals surface area contributed by atoms with Crippen LogP contribution in [0.15, 0.2) is 18.2 Å². The molecule has 3 aliphatic heterocycles. The highest BCUT2D eigenvalue weighted by molar-refractivity contribution is 7.09. The van der Waals surface area contributed by atoms with Gasteiger partial charge in [0.25, 0.3) is 5.91 Å². The van der Waals surface area contributed by atoms with E-state index in [0.29, 0.717) is 10.8 Å². The van der Waals surface area contributed by atoms with Crippen molar-refractivity contribution < 1.29 is 9.53 Å². The fourth-order valence-corrected chi connectivity index (χ4v) is 4.33. The average Bonchev–Trinajstić information content (AvgIpc) is 2.99. The summed E-state index contributed by atoms with van der Waals surface area (Å²) in [6.45, 7) is 3.35. The van der Waals surface area contributed by atoms with Gasteiger partial charge in [-0.1, -0.05) is 0 Å². The number of methoxy groups -OCH3 is 1. The summed E-state index contributed by atoms with van der Waals surface area (Å²) in [5.74, 6) is 1.41. The number of ether oxygens (including phenoxy) is 1. The zero-order valence-electron chi connectivity index (χ0n) is 12.9. The fraction of sp³-hybridized carbons (Fsp3) is 0.500. The van der Waals surface area contributed by atoms with Gasteiger partial charge >= 0.3 is 0 Å².